The molecule has 0 aromatic rings. The number of carbonyl (C=O) groups is 1. The molecule has 0 saturated carbocycles. The molecule has 78 valence electrons. The lowest BCUT2D eigenvalue weighted by molar-refractivity contribution is -0.193. The fourth-order valence-corrected chi connectivity index (χ4v) is 0.521. The van der Waals surface area contributed by atoms with Crippen LogP contribution < -0.4 is 0 Å². The second-order valence-electron chi connectivity index (χ2n) is 1.90. The summed E-state index contributed by atoms with van der Waals surface area (Å²) in [5.74, 6) is -3.25. The Hall–Kier alpha value is -0.170. The molecule has 1 nitrogen and oxygen atoms in total. The zero-order chi connectivity index (χ0) is 11.1. The van der Waals surface area contributed by atoms with E-state index in [9.17, 15) is 31.1 Å². The lowest BCUT2D eigenvalue weighted by Crippen LogP contribution is -2.48. The van der Waals surface area contributed by atoms with Crippen LogP contribution in [0.2, 0.25) is 0 Å². The van der Waals surface area contributed by atoms with Gasteiger partial charge in [0.05, 0.1) is 0 Å². The van der Waals surface area contributed by atoms with Crippen LogP contribution in [0.25, 0.3) is 0 Å². The van der Waals surface area contributed by atoms with Crippen LogP contribution in [0.1, 0.15) is 0 Å². The summed E-state index contributed by atoms with van der Waals surface area (Å²) in [7, 11) is 0. The predicted molar refractivity (Wildman–Crippen MR) is 31.6 cm³/mol. The summed E-state index contributed by atoms with van der Waals surface area (Å²) >= 11 is 8.44. The van der Waals surface area contributed by atoms with E-state index >= 15 is 0 Å². The molecule has 0 spiro atoms. The van der Waals surface area contributed by atoms with Crippen molar-refractivity contribution in [3.8, 4) is 0 Å². The first-order valence-corrected chi connectivity index (χ1v) is 3.22. The smallest absolute Gasteiger partial charge is 0.286 e. The molecule has 0 bridgehead atoms. The lowest BCUT2D eigenvalue weighted by Gasteiger charge is -2.21. The van der Waals surface area contributed by atoms with Gasteiger partial charge in [0.15, 0.2) is 0 Å². The van der Waals surface area contributed by atoms with Gasteiger partial charge in [0.25, 0.3) is 10.1 Å². The number of hydrogen-bond acceptors (Lipinski definition) is 1. The summed E-state index contributed by atoms with van der Waals surface area (Å²) in [5, 5.41) is 0. The van der Waals surface area contributed by atoms with Gasteiger partial charge in [-0.2, -0.15) is 26.3 Å². The van der Waals surface area contributed by atoms with E-state index in [-0.39, 0.29) is 0 Å². The molecule has 13 heavy (non-hydrogen) atoms. The van der Waals surface area contributed by atoms with Crippen molar-refractivity contribution in [3.05, 3.63) is 0 Å². The van der Waals surface area contributed by atoms with Gasteiger partial charge >= 0.3 is 12.4 Å². The monoisotopic (exact) mass is 248 g/mol. The first kappa shape index (κ1) is 12.8. The fraction of sp³-hybridized carbons (Fsp3) is 0.750. The maximum absolute atomic E-state index is 11.6. The highest BCUT2D eigenvalue weighted by Gasteiger charge is 2.65. The normalized spacial score (nSPS) is 14.5. The van der Waals surface area contributed by atoms with Crippen LogP contribution in [0.3, 0.4) is 0 Å². The van der Waals surface area contributed by atoms with Gasteiger partial charge in [0, 0.05) is 0 Å². The maximum Gasteiger partial charge on any atom is 0.453 e. The van der Waals surface area contributed by atoms with Crippen molar-refractivity contribution in [1.29, 1.82) is 0 Å². The average Bonchev–Trinajstić information content (AvgIpc) is 1.81. The first-order valence-electron chi connectivity index (χ1n) is 2.47. The van der Waals surface area contributed by atoms with Gasteiger partial charge in [0.2, 0.25) is 0 Å². The molecule has 0 fully saturated rings. The van der Waals surface area contributed by atoms with Crippen molar-refractivity contribution in [1.82, 2.24) is 0 Å². The van der Waals surface area contributed by atoms with Gasteiger partial charge < -0.3 is 0 Å². The SMILES string of the molecule is O=C(C(F)(F)F)C(Cl)(Cl)C(F)(F)F. The van der Waals surface area contributed by atoms with Crippen LogP contribution in [0, 0.1) is 0 Å². The van der Waals surface area contributed by atoms with Crippen LogP contribution in [0.4, 0.5) is 26.3 Å². The fourth-order valence-electron chi connectivity index (χ4n) is 0.307. The van der Waals surface area contributed by atoms with Crippen molar-refractivity contribution in [3.63, 3.8) is 0 Å². The minimum atomic E-state index is -5.72. The molecule has 0 aliphatic heterocycles. The highest BCUT2D eigenvalue weighted by Crippen LogP contribution is 2.44. The van der Waals surface area contributed by atoms with E-state index in [1.165, 1.54) is 0 Å². The van der Waals surface area contributed by atoms with Crippen molar-refractivity contribution in [2.75, 3.05) is 0 Å². The van der Waals surface area contributed by atoms with Crippen LogP contribution in [-0.4, -0.2) is 22.5 Å². The van der Waals surface area contributed by atoms with Crippen molar-refractivity contribution in [2.45, 2.75) is 16.7 Å². The number of carbonyl (C=O) groups excluding carboxylic acids is 1. The Labute approximate surface area is 77.6 Å². The maximum atomic E-state index is 11.6. The quantitative estimate of drug-likeness (QED) is 0.515. The van der Waals surface area contributed by atoms with E-state index in [0.717, 1.165) is 0 Å². The molecule has 0 unspecified atom stereocenters. The average molecular weight is 249 g/mol. The van der Waals surface area contributed by atoms with Crippen molar-refractivity contribution >= 4 is 29.0 Å². The summed E-state index contributed by atoms with van der Waals surface area (Å²) < 4.78 is 64.8. The molecule has 0 saturated heterocycles. The van der Waals surface area contributed by atoms with Crippen molar-refractivity contribution in [2.24, 2.45) is 0 Å². The zero-order valence-corrected chi connectivity index (χ0v) is 6.94. The van der Waals surface area contributed by atoms with Gasteiger partial charge in [-0.05, 0) is 0 Å². The molecular weight excluding hydrogens is 249 g/mol. The Morgan fingerprint density at radius 2 is 1.23 bits per heavy atom. The molecule has 0 N–H and O–H groups in total. The third kappa shape index (κ3) is 2.63. The van der Waals surface area contributed by atoms with E-state index in [1.807, 2.05) is 0 Å². The molecule has 0 rings (SSSR count). The Bertz CT molecular complexity index is 216. The Morgan fingerprint density at radius 1 is 0.923 bits per heavy atom. The second-order valence-corrected chi connectivity index (χ2v) is 3.23. The van der Waals surface area contributed by atoms with E-state index in [1.54, 1.807) is 0 Å². The summed E-state index contributed by atoms with van der Waals surface area (Å²) in [6, 6.07) is 0. The lowest BCUT2D eigenvalue weighted by atomic mass is 10.2. The number of rotatable bonds is 1. The van der Waals surface area contributed by atoms with Gasteiger partial charge in [-0.1, -0.05) is 23.2 Å². The summed E-state index contributed by atoms with van der Waals surface area (Å²) in [5.41, 5.74) is 0. The molecule has 0 aliphatic carbocycles. The Morgan fingerprint density at radius 3 is 1.31 bits per heavy atom. The Balaban J connectivity index is 4.98. The minimum Gasteiger partial charge on any atom is -0.286 e. The van der Waals surface area contributed by atoms with Crippen LogP contribution in [0.15, 0.2) is 0 Å². The molecule has 0 heterocycles. The van der Waals surface area contributed by atoms with Crippen molar-refractivity contribution < 1.29 is 31.1 Å². The summed E-state index contributed by atoms with van der Waals surface area (Å²) in [4.78, 5) is 10.0. The Kier molecular flexibility index (Phi) is 3.16. The van der Waals surface area contributed by atoms with Crippen LogP contribution in [0.5, 0.6) is 0 Å². The number of hydrogen-bond donors (Lipinski definition) is 0. The van der Waals surface area contributed by atoms with Gasteiger partial charge in [-0.3, -0.25) is 4.79 Å². The zero-order valence-electron chi connectivity index (χ0n) is 5.43. The van der Waals surface area contributed by atoms with Gasteiger partial charge in [-0.15, -0.1) is 0 Å². The number of ketones is 1. The highest BCUT2D eigenvalue weighted by atomic mass is 35.5. The second kappa shape index (κ2) is 3.20. The van der Waals surface area contributed by atoms with E-state index < -0.39 is 22.5 Å². The molecular formula is C4Cl2F6O. The third-order valence-electron chi connectivity index (χ3n) is 0.899. The molecule has 0 aromatic heterocycles. The molecule has 0 aromatic carbocycles. The van der Waals surface area contributed by atoms with Gasteiger partial charge in [-0.25, -0.2) is 0 Å². The molecule has 0 atom stereocenters. The van der Waals surface area contributed by atoms with Crippen LogP contribution >= 0.6 is 23.2 Å². The molecule has 0 amide bonds. The highest BCUT2D eigenvalue weighted by molar-refractivity contribution is 6.59. The van der Waals surface area contributed by atoms with E-state index in [0.29, 0.717) is 0 Å². The largest absolute Gasteiger partial charge is 0.453 e. The van der Waals surface area contributed by atoms with E-state index in [2.05, 4.69) is 23.2 Å². The third-order valence-corrected chi connectivity index (χ3v) is 1.67. The first-order chi connectivity index (χ1) is 5.40. The molecule has 0 radical (unpaired) electrons. The topological polar surface area (TPSA) is 17.1 Å². The number of alkyl halides is 8. The van der Waals surface area contributed by atoms with E-state index in [4.69, 9.17) is 0 Å². The summed E-state index contributed by atoms with van der Waals surface area (Å²) in [6.45, 7) is 0. The minimum absolute atomic E-state index is 3.25. The molecule has 0 aliphatic rings. The standard InChI is InChI=1S/C4Cl2F6O/c5-2(6,4(10,11)12)1(13)3(7,8)9. The van der Waals surface area contributed by atoms with Crippen LogP contribution in [-0.2, 0) is 4.79 Å². The predicted octanol–water partition coefficient (Wildman–Crippen LogP) is 2.85. The summed E-state index contributed by atoms with van der Waals surface area (Å²) in [6.07, 6.45) is -11.4. The van der Waals surface area contributed by atoms with Gasteiger partial charge in [0.1, 0.15) is 0 Å². The number of Topliss-reactive ketones (excluding diaryl/α,β-unsaturated/α-hetero) is 1. The molecule has 9 heteroatoms. The number of halogens is 8.